The Morgan fingerprint density at radius 3 is 1.94 bits per heavy atom. The third kappa shape index (κ3) is 11.4. The number of hydrogen-bond donors (Lipinski definition) is 0. The highest BCUT2D eigenvalue weighted by molar-refractivity contribution is 7.62. The highest BCUT2D eigenvalue weighted by Crippen LogP contribution is 2.64. The monoisotopic (exact) mass is 718 g/mol. The molecule has 2 amide bonds. The van der Waals surface area contributed by atoms with Gasteiger partial charge in [-0.3, -0.25) is 14.3 Å². The summed E-state index contributed by atoms with van der Waals surface area (Å²) >= 11 is 0. The maximum absolute atomic E-state index is 14.8. The summed E-state index contributed by atoms with van der Waals surface area (Å²) in [5.74, 6) is -0.925. The molecule has 2 aromatic carbocycles. The van der Waals surface area contributed by atoms with Gasteiger partial charge in [0.15, 0.2) is 5.16 Å². The van der Waals surface area contributed by atoms with Gasteiger partial charge in [-0.25, -0.2) is 18.9 Å². The van der Waals surface area contributed by atoms with Gasteiger partial charge in [-0.05, 0) is 117 Å². The Morgan fingerprint density at radius 2 is 1.40 bits per heavy atom. The summed E-state index contributed by atoms with van der Waals surface area (Å²) in [7, 11) is -3.63. The predicted octanol–water partition coefficient (Wildman–Crippen LogP) is 9.05. The zero-order valence-electron chi connectivity index (χ0n) is 31.5. The summed E-state index contributed by atoms with van der Waals surface area (Å²) in [5, 5.41) is -1.51. The zero-order valence-corrected chi connectivity index (χ0v) is 32.4. The molecule has 0 aromatic heterocycles. The number of ether oxygens (including phenoxy) is 3. The first-order chi connectivity index (χ1) is 23.1. The molecule has 1 aliphatic heterocycles. The van der Waals surface area contributed by atoms with Crippen molar-refractivity contribution in [3.63, 3.8) is 0 Å². The number of amides is 2. The van der Waals surface area contributed by atoms with E-state index in [4.69, 9.17) is 18.7 Å². The fraction of sp³-hybridized carbons (Fsp3) is 0.605. The van der Waals surface area contributed by atoms with Gasteiger partial charge >= 0.3 is 18.2 Å². The molecule has 278 valence electrons. The van der Waals surface area contributed by atoms with E-state index in [0.717, 1.165) is 21.6 Å². The molecule has 10 nitrogen and oxygen atoms in total. The number of benzene rings is 2. The fourth-order valence-electron chi connectivity index (χ4n) is 5.89. The zero-order chi connectivity index (χ0) is 37.5. The van der Waals surface area contributed by atoms with Crippen molar-refractivity contribution >= 4 is 25.5 Å². The van der Waals surface area contributed by atoms with Gasteiger partial charge in [0, 0.05) is 32.3 Å². The van der Waals surface area contributed by atoms with E-state index in [2.05, 4.69) is 4.90 Å². The first-order valence-corrected chi connectivity index (χ1v) is 19.2. The van der Waals surface area contributed by atoms with Crippen LogP contribution in [0.3, 0.4) is 0 Å². The van der Waals surface area contributed by atoms with Crippen LogP contribution in [0.1, 0.15) is 94.1 Å². The Balaban J connectivity index is 1.94. The second-order valence-electron chi connectivity index (χ2n) is 15.8. The minimum absolute atomic E-state index is 0.0398. The molecule has 0 N–H and O–H groups in total. The number of rotatable bonds is 11. The predicted molar refractivity (Wildman–Crippen MR) is 193 cm³/mol. The van der Waals surface area contributed by atoms with Crippen LogP contribution in [0, 0.1) is 5.82 Å². The topological polar surface area (TPSA) is 112 Å². The van der Waals surface area contributed by atoms with Gasteiger partial charge in [-0.15, -0.1) is 0 Å². The number of hydrogen-bond acceptors (Lipinski definition) is 9. The van der Waals surface area contributed by atoms with E-state index in [1.807, 2.05) is 24.3 Å². The Labute approximate surface area is 297 Å². The maximum Gasteiger partial charge on any atom is 0.419 e. The van der Waals surface area contributed by atoms with Crippen LogP contribution in [0.25, 0.3) is 11.1 Å². The van der Waals surface area contributed by atoms with Crippen LogP contribution < -0.4 is 0 Å². The van der Waals surface area contributed by atoms with E-state index in [0.29, 0.717) is 19.5 Å². The van der Waals surface area contributed by atoms with Gasteiger partial charge in [-0.1, -0.05) is 36.4 Å². The third-order valence-corrected chi connectivity index (χ3v) is 11.3. The van der Waals surface area contributed by atoms with Crippen LogP contribution in [0.4, 0.5) is 14.0 Å². The van der Waals surface area contributed by atoms with Crippen molar-refractivity contribution < 1.29 is 42.1 Å². The highest BCUT2D eigenvalue weighted by Gasteiger charge is 2.59. The Kier molecular flexibility index (Phi) is 13.5. The average molecular weight is 719 g/mol. The lowest BCUT2D eigenvalue weighted by molar-refractivity contribution is -0.160. The molecule has 0 bridgehead atoms. The van der Waals surface area contributed by atoms with Crippen LogP contribution in [-0.4, -0.2) is 82.3 Å². The van der Waals surface area contributed by atoms with E-state index < -0.39 is 47.5 Å². The van der Waals surface area contributed by atoms with Crippen molar-refractivity contribution in [2.75, 3.05) is 32.4 Å². The molecule has 2 aromatic rings. The number of imide groups is 1. The summed E-state index contributed by atoms with van der Waals surface area (Å²) in [6, 6.07) is 14.1. The van der Waals surface area contributed by atoms with Crippen molar-refractivity contribution in [1.29, 1.82) is 0 Å². The average Bonchev–Trinajstić information content (AvgIpc) is 2.97. The highest BCUT2D eigenvalue weighted by atomic mass is 31.2. The van der Waals surface area contributed by atoms with E-state index >= 15 is 0 Å². The van der Waals surface area contributed by atoms with Crippen molar-refractivity contribution in [2.24, 2.45) is 0 Å². The molecule has 0 saturated carbocycles. The molecule has 12 heteroatoms. The van der Waals surface area contributed by atoms with Crippen molar-refractivity contribution in [3.8, 4) is 11.1 Å². The maximum atomic E-state index is 14.8. The van der Waals surface area contributed by atoms with Crippen LogP contribution >= 0.6 is 7.37 Å². The Morgan fingerprint density at radius 1 is 0.840 bits per heavy atom. The summed E-state index contributed by atoms with van der Waals surface area (Å²) in [5.41, 5.74) is 0.209. The third-order valence-electron chi connectivity index (χ3n) is 7.98. The molecule has 1 fully saturated rings. The van der Waals surface area contributed by atoms with Gasteiger partial charge in [0.25, 0.3) is 0 Å². The van der Waals surface area contributed by atoms with Crippen LogP contribution in [0.5, 0.6) is 0 Å². The number of carbonyl (C=O) groups excluding carboxylic acids is 3. The number of esters is 1. The fourth-order valence-corrected chi connectivity index (χ4v) is 8.90. The lowest BCUT2D eigenvalue weighted by Gasteiger charge is -2.46. The SMILES string of the molecule is CCOP1(=O)CCN(Cc2ccccc2-c2ccc(F)cc2)C[C@@]1(CCCCN(C(=O)OC(C)(C)C)C(=O)OC(C)(C)C)C(=O)OC(C)(C)C. The molecule has 2 atom stereocenters. The molecule has 3 rings (SSSR count). The number of carbonyl (C=O) groups is 3. The second-order valence-corrected chi connectivity index (χ2v) is 18.7. The van der Waals surface area contributed by atoms with E-state index in [1.165, 1.54) is 12.1 Å². The molecule has 50 heavy (non-hydrogen) atoms. The molecule has 1 heterocycles. The standard InChI is InChI=1S/C38H56FN2O8P/c1-11-46-50(45)25-24-40(26-29-16-12-13-17-31(29)28-18-20-30(39)21-19-28)27-38(50,32(42)47-35(2,3)4)22-14-15-23-41(33(43)48-36(5,6)7)34(44)49-37(8,9)10/h12-13,16-21H,11,14-15,22-27H2,1-10H3/t38-,50?/m0/s1. The van der Waals surface area contributed by atoms with E-state index in [1.54, 1.807) is 81.4 Å². The lowest BCUT2D eigenvalue weighted by atomic mass is 9.96. The van der Waals surface area contributed by atoms with Gasteiger partial charge < -0.3 is 18.7 Å². The second kappa shape index (κ2) is 16.4. The van der Waals surface area contributed by atoms with Gasteiger partial charge in [0.2, 0.25) is 7.37 Å². The summed E-state index contributed by atoms with van der Waals surface area (Å²) in [6.45, 7) is 18.4. The smallest absolute Gasteiger partial charge is 0.419 e. The van der Waals surface area contributed by atoms with Gasteiger partial charge in [0.05, 0.1) is 6.61 Å². The van der Waals surface area contributed by atoms with Gasteiger partial charge in [0.1, 0.15) is 22.6 Å². The minimum atomic E-state index is -3.63. The van der Waals surface area contributed by atoms with Crippen molar-refractivity contribution in [2.45, 2.75) is 117 Å². The molecule has 0 radical (unpaired) electrons. The molecule has 1 unspecified atom stereocenters. The lowest BCUT2D eigenvalue weighted by Crippen LogP contribution is -2.56. The molecular formula is C38H56FN2O8P. The summed E-state index contributed by atoms with van der Waals surface area (Å²) in [6.07, 6.45) is -0.803. The first kappa shape index (κ1) is 41.2. The summed E-state index contributed by atoms with van der Waals surface area (Å²) in [4.78, 5) is 43.5. The van der Waals surface area contributed by atoms with Crippen LogP contribution in [0.2, 0.25) is 0 Å². The molecular weight excluding hydrogens is 662 g/mol. The van der Waals surface area contributed by atoms with Gasteiger partial charge in [-0.2, -0.15) is 0 Å². The summed E-state index contributed by atoms with van der Waals surface area (Å²) < 4.78 is 51.6. The number of halogens is 1. The Hall–Kier alpha value is -3.27. The number of unbranched alkanes of at least 4 members (excludes halogenated alkanes) is 1. The normalized spacial score (nSPS) is 20.2. The molecule has 1 aliphatic rings. The van der Waals surface area contributed by atoms with E-state index in [-0.39, 0.29) is 44.5 Å². The number of nitrogens with zero attached hydrogens (tertiary/aromatic N) is 2. The molecule has 0 aliphatic carbocycles. The van der Waals surface area contributed by atoms with Crippen LogP contribution in [0.15, 0.2) is 48.5 Å². The van der Waals surface area contributed by atoms with Crippen molar-refractivity contribution in [1.82, 2.24) is 9.80 Å². The van der Waals surface area contributed by atoms with Crippen molar-refractivity contribution in [3.05, 3.63) is 59.9 Å². The quantitative estimate of drug-likeness (QED) is 0.0972. The minimum Gasteiger partial charge on any atom is -0.459 e. The molecule has 1 saturated heterocycles. The van der Waals surface area contributed by atoms with E-state index in [9.17, 15) is 23.3 Å². The first-order valence-electron chi connectivity index (χ1n) is 17.3. The van der Waals surface area contributed by atoms with Crippen LogP contribution in [-0.2, 0) is 34.6 Å². The molecule has 0 spiro atoms. The Bertz CT molecular complexity index is 1500. The largest absolute Gasteiger partial charge is 0.459 e.